The number of carbonyl (C=O) groups excluding carboxylic acids is 2. The van der Waals surface area contributed by atoms with Crippen molar-refractivity contribution in [1.29, 1.82) is 0 Å². The lowest BCUT2D eigenvalue weighted by molar-refractivity contribution is -0.110. The Kier molecular flexibility index (Phi) is 11.7. The van der Waals surface area contributed by atoms with Crippen molar-refractivity contribution >= 4 is 33.3 Å². The highest BCUT2D eigenvalue weighted by Gasteiger charge is 2.44. The van der Waals surface area contributed by atoms with Gasteiger partial charge in [-0.15, -0.1) is 0 Å². The normalized spacial score (nSPS) is 21.7. The molecule has 3 aromatic rings. The Morgan fingerprint density at radius 1 is 1.12 bits per heavy atom. The molecule has 5 atom stereocenters. The van der Waals surface area contributed by atoms with E-state index in [1.165, 1.54) is 16.4 Å². The smallest absolute Gasteiger partial charge is 0.407 e. The van der Waals surface area contributed by atoms with Crippen LogP contribution in [0.3, 0.4) is 0 Å². The van der Waals surface area contributed by atoms with E-state index >= 15 is 0 Å². The van der Waals surface area contributed by atoms with Crippen LogP contribution in [0.4, 0.5) is 10.5 Å². The first-order valence-electron chi connectivity index (χ1n) is 17.3. The van der Waals surface area contributed by atoms with Gasteiger partial charge in [-0.05, 0) is 54.7 Å². The van der Waals surface area contributed by atoms with E-state index in [0.29, 0.717) is 42.8 Å². The van der Waals surface area contributed by atoms with E-state index in [9.17, 15) is 23.1 Å². The van der Waals surface area contributed by atoms with Gasteiger partial charge in [0.2, 0.25) is 10.0 Å². The lowest BCUT2D eigenvalue weighted by atomic mass is 10.0. The number of nitrogens with zero attached hydrogens (tertiary/aromatic N) is 2. The fourth-order valence-electron chi connectivity index (χ4n) is 6.58. The third kappa shape index (κ3) is 8.94. The number of pyridine rings is 1. The van der Waals surface area contributed by atoms with Crippen molar-refractivity contribution in [3.8, 4) is 0 Å². The summed E-state index contributed by atoms with van der Waals surface area (Å²) in [6, 6.07) is 18.6. The van der Waals surface area contributed by atoms with E-state index in [4.69, 9.17) is 14.2 Å². The molecule has 0 bridgehead atoms. The van der Waals surface area contributed by atoms with Crippen LogP contribution in [-0.4, -0.2) is 92.2 Å². The zero-order chi connectivity index (χ0) is 36.0. The van der Waals surface area contributed by atoms with E-state index in [0.717, 1.165) is 11.3 Å². The molecule has 4 heterocycles. The lowest BCUT2D eigenvalue weighted by Crippen LogP contribution is -2.51. The number of anilines is 1. The Morgan fingerprint density at radius 2 is 1.92 bits per heavy atom. The average Bonchev–Trinajstić information content (AvgIpc) is 3.82. The lowest BCUT2D eigenvalue weighted by Gasteiger charge is -2.31. The molecule has 14 heteroatoms. The van der Waals surface area contributed by atoms with Crippen molar-refractivity contribution in [3.05, 3.63) is 95.9 Å². The number of sulfonamides is 1. The van der Waals surface area contributed by atoms with Gasteiger partial charge in [0, 0.05) is 55.4 Å². The number of alkyl carbamates (subject to hydrolysis) is 1. The molecule has 2 saturated heterocycles. The second-order valence-corrected chi connectivity index (χ2v) is 15.4. The molecule has 13 nitrogen and oxygen atoms in total. The molecule has 1 aromatic heterocycles. The molecule has 272 valence electrons. The van der Waals surface area contributed by atoms with Crippen molar-refractivity contribution in [1.82, 2.24) is 19.9 Å². The Labute approximate surface area is 298 Å². The summed E-state index contributed by atoms with van der Waals surface area (Å²) < 4.78 is 46.7. The number of ether oxygens (including phenoxy) is 3. The van der Waals surface area contributed by atoms with Crippen molar-refractivity contribution in [2.45, 2.75) is 62.5 Å². The minimum Gasteiger partial charge on any atom is -0.443 e. The van der Waals surface area contributed by atoms with E-state index in [1.54, 1.807) is 18.5 Å². The monoisotopic (exact) mass is 719 g/mol. The molecular formula is C37H45N5O8S. The van der Waals surface area contributed by atoms with Gasteiger partial charge in [-0.3, -0.25) is 9.78 Å². The number of hydrogen-bond donors (Lipinski definition) is 4. The molecule has 0 saturated carbocycles. The van der Waals surface area contributed by atoms with Crippen LogP contribution in [0.25, 0.3) is 5.57 Å². The highest BCUT2D eigenvalue weighted by molar-refractivity contribution is 7.89. The Balaban J connectivity index is 1.19. The summed E-state index contributed by atoms with van der Waals surface area (Å²) in [5.74, 6) is -0.491. The zero-order valence-corrected chi connectivity index (χ0v) is 29.6. The Hall–Kier alpha value is -4.34. The minimum atomic E-state index is -4.17. The summed E-state index contributed by atoms with van der Waals surface area (Å²) in [6.07, 6.45) is 2.00. The van der Waals surface area contributed by atoms with Gasteiger partial charge in [-0.1, -0.05) is 50.2 Å². The van der Waals surface area contributed by atoms with Gasteiger partial charge in [-0.2, -0.15) is 4.31 Å². The number of benzene rings is 2. The van der Waals surface area contributed by atoms with E-state index < -0.39 is 40.7 Å². The molecule has 2 aromatic carbocycles. The van der Waals surface area contributed by atoms with Crippen LogP contribution in [-0.2, 0) is 41.9 Å². The maximum atomic E-state index is 14.3. The number of nitrogens with one attached hydrogen (secondary N) is 3. The first-order chi connectivity index (χ1) is 24.6. The molecule has 6 rings (SSSR count). The predicted molar refractivity (Wildman–Crippen MR) is 190 cm³/mol. The summed E-state index contributed by atoms with van der Waals surface area (Å²) >= 11 is 0. The summed E-state index contributed by atoms with van der Waals surface area (Å²) in [4.78, 5) is 30.3. The zero-order valence-electron chi connectivity index (χ0n) is 28.7. The molecule has 5 unspecified atom stereocenters. The highest BCUT2D eigenvalue weighted by atomic mass is 32.2. The number of aliphatic hydroxyl groups excluding tert-OH is 1. The van der Waals surface area contributed by atoms with Gasteiger partial charge >= 0.3 is 6.09 Å². The summed E-state index contributed by atoms with van der Waals surface area (Å²) in [5, 5.41) is 20.4. The van der Waals surface area contributed by atoms with Gasteiger partial charge in [0.15, 0.2) is 6.29 Å². The van der Waals surface area contributed by atoms with E-state index in [1.807, 2.05) is 62.4 Å². The van der Waals surface area contributed by atoms with Crippen LogP contribution in [0, 0.1) is 11.8 Å². The van der Waals surface area contributed by atoms with Gasteiger partial charge in [0.1, 0.15) is 6.10 Å². The fourth-order valence-corrected chi connectivity index (χ4v) is 8.22. The Morgan fingerprint density at radius 3 is 2.69 bits per heavy atom. The van der Waals surface area contributed by atoms with Crippen LogP contribution in [0.2, 0.25) is 0 Å². The van der Waals surface area contributed by atoms with Crippen molar-refractivity contribution < 1.29 is 37.3 Å². The minimum absolute atomic E-state index is 0.0217. The van der Waals surface area contributed by atoms with Crippen LogP contribution < -0.4 is 16.0 Å². The number of amides is 2. The average molecular weight is 720 g/mol. The summed E-state index contributed by atoms with van der Waals surface area (Å²) in [6.45, 7) is 4.86. The van der Waals surface area contributed by atoms with E-state index in [2.05, 4.69) is 20.9 Å². The third-order valence-corrected chi connectivity index (χ3v) is 11.0. The first-order valence-corrected chi connectivity index (χ1v) is 18.7. The van der Waals surface area contributed by atoms with Crippen molar-refractivity contribution in [2.75, 3.05) is 38.2 Å². The largest absolute Gasteiger partial charge is 0.443 e. The third-order valence-electron chi connectivity index (χ3n) is 9.18. The summed E-state index contributed by atoms with van der Waals surface area (Å²) in [7, 11) is -4.17. The highest BCUT2D eigenvalue weighted by Crippen LogP contribution is 2.35. The van der Waals surface area contributed by atoms with Crippen molar-refractivity contribution in [2.24, 2.45) is 11.8 Å². The van der Waals surface area contributed by atoms with Gasteiger partial charge in [0.05, 0.1) is 41.7 Å². The quantitative estimate of drug-likeness (QED) is 0.135. The molecule has 2 fully saturated rings. The van der Waals surface area contributed by atoms with Gasteiger partial charge < -0.3 is 35.3 Å². The topological polar surface area (TPSA) is 168 Å². The molecule has 3 aliphatic rings. The number of aromatic nitrogens is 1. The number of fused-ring (bicyclic) bond motifs is 2. The fraction of sp³-hybridized carbons (Fsp3) is 0.432. The second-order valence-electron chi connectivity index (χ2n) is 13.4. The molecule has 51 heavy (non-hydrogen) atoms. The van der Waals surface area contributed by atoms with Crippen LogP contribution in [0.1, 0.15) is 37.1 Å². The molecule has 3 aliphatic heterocycles. The van der Waals surface area contributed by atoms with Gasteiger partial charge in [0.25, 0.3) is 5.91 Å². The SMILES string of the molecule is CC(C)CN(CC(O)C(Cc1ccccc1)NC(=O)OC1COC2OCCC12)S(=O)(=O)c1ccc2c(c1)C(=CNCCc1ccccn1)C(=O)N2. The maximum absolute atomic E-state index is 14.3. The van der Waals surface area contributed by atoms with Crippen LogP contribution >= 0.6 is 0 Å². The maximum Gasteiger partial charge on any atom is 0.407 e. The second kappa shape index (κ2) is 16.3. The molecule has 4 N–H and O–H groups in total. The number of carbonyl (C=O) groups is 2. The molecule has 0 radical (unpaired) electrons. The molecule has 2 amide bonds. The standard InChI is InChI=1S/C37H45N5O8S/c1-24(2)21-42(22-33(43)32(18-25-8-4-3-5-9-25)41-37(45)50-34-23-49-36-28(34)14-17-48-36)51(46,47)27-11-12-31-29(19-27)30(35(44)40-31)20-38-16-13-26-10-6-7-15-39-26/h3-12,15,19-20,24,28,32-34,36,38,43H,13-14,16-18,21-23H2,1-2H3,(H,40,44)(H,41,45). The number of rotatable bonds is 15. The number of hydrogen-bond acceptors (Lipinski definition) is 10. The molecular weight excluding hydrogens is 675 g/mol. The summed E-state index contributed by atoms with van der Waals surface area (Å²) in [5.41, 5.74) is 3.01. The van der Waals surface area contributed by atoms with Gasteiger partial charge in [-0.25, -0.2) is 13.2 Å². The molecule has 0 aliphatic carbocycles. The van der Waals surface area contributed by atoms with Crippen LogP contribution in [0.5, 0.6) is 0 Å². The predicted octanol–water partition coefficient (Wildman–Crippen LogP) is 3.31. The van der Waals surface area contributed by atoms with Crippen LogP contribution in [0.15, 0.2) is 84.0 Å². The Bertz CT molecular complexity index is 1810. The number of aliphatic hydroxyl groups is 1. The molecule has 0 spiro atoms. The van der Waals surface area contributed by atoms with E-state index in [-0.39, 0.29) is 48.8 Å². The van der Waals surface area contributed by atoms with Crippen molar-refractivity contribution in [3.63, 3.8) is 0 Å². The first kappa shape index (κ1) is 36.5.